The molecule has 2 saturated heterocycles. The highest BCUT2D eigenvalue weighted by atomic mass is 35.5. The number of carbonyl (C=O) groups is 2. The molecule has 7 rings (SSSR count). The van der Waals surface area contributed by atoms with Crippen molar-refractivity contribution in [2.24, 2.45) is 0 Å². The Kier molecular flexibility index (Phi) is 12.6. The summed E-state index contributed by atoms with van der Waals surface area (Å²) in [6.45, 7) is 4.04. The highest BCUT2D eigenvalue weighted by Gasteiger charge is 2.33. The minimum Gasteiger partial charge on any atom is -0.494 e. The average Bonchev–Trinajstić information content (AvgIpc) is 3.65. The van der Waals surface area contributed by atoms with Gasteiger partial charge in [0.2, 0.25) is 27.8 Å². The van der Waals surface area contributed by atoms with Crippen molar-refractivity contribution < 1.29 is 31.5 Å². The first kappa shape index (κ1) is 41.1. The van der Waals surface area contributed by atoms with Crippen molar-refractivity contribution in [2.75, 3.05) is 72.5 Å². The molecule has 58 heavy (non-hydrogen) atoms. The molecule has 14 nitrogen and oxygen atoms in total. The van der Waals surface area contributed by atoms with E-state index in [1.165, 1.54) is 28.9 Å². The van der Waals surface area contributed by atoms with E-state index < -0.39 is 39.4 Å². The summed E-state index contributed by atoms with van der Waals surface area (Å²) in [6, 6.07) is 14.4. The molecule has 308 valence electrons. The SMILES string of the molecule is COc1cc(N2CCC(NCCNCCc3cc(F)c(C4CCC(=O)NC4=O)c(F)c3)CC2)ccc1Nc1ncc(Cl)c(Nc2cccc3c2N(S(C)(=O)=O)CC3)n1. The normalized spacial score (nSPS) is 17.3. The van der Waals surface area contributed by atoms with Crippen molar-refractivity contribution in [3.8, 4) is 5.75 Å². The Balaban J connectivity index is 0.868. The van der Waals surface area contributed by atoms with Crippen molar-refractivity contribution in [3.05, 3.63) is 88.1 Å². The topological polar surface area (TPSA) is 170 Å². The van der Waals surface area contributed by atoms with Crippen molar-refractivity contribution in [3.63, 3.8) is 0 Å². The number of anilines is 6. The first-order chi connectivity index (χ1) is 27.9. The third kappa shape index (κ3) is 9.44. The fraction of sp³-hybridized carbons (Fsp3) is 0.400. The Labute approximate surface area is 341 Å². The summed E-state index contributed by atoms with van der Waals surface area (Å²) in [5, 5.41) is 15.8. The van der Waals surface area contributed by atoms with Crippen LogP contribution in [-0.2, 0) is 32.5 Å². The zero-order chi connectivity index (χ0) is 41.0. The van der Waals surface area contributed by atoms with Crippen LogP contribution in [0.3, 0.4) is 0 Å². The lowest BCUT2D eigenvalue weighted by Crippen LogP contribution is -2.44. The van der Waals surface area contributed by atoms with E-state index >= 15 is 0 Å². The average molecular weight is 838 g/mol. The molecule has 18 heteroatoms. The Hall–Kier alpha value is -5.10. The number of amides is 2. The lowest BCUT2D eigenvalue weighted by atomic mass is 9.89. The smallest absolute Gasteiger partial charge is 0.234 e. The van der Waals surface area contributed by atoms with Gasteiger partial charge in [-0.2, -0.15) is 4.98 Å². The Morgan fingerprint density at radius 3 is 2.45 bits per heavy atom. The van der Waals surface area contributed by atoms with Gasteiger partial charge < -0.3 is 30.9 Å². The second-order valence-corrected chi connectivity index (χ2v) is 16.9. The van der Waals surface area contributed by atoms with Crippen LogP contribution in [0.5, 0.6) is 5.75 Å². The molecular formula is C40H46ClF2N9O5S. The molecular weight excluding hydrogens is 792 g/mol. The number of sulfonamides is 1. The first-order valence-corrected chi connectivity index (χ1v) is 21.5. The molecule has 1 atom stereocenters. The minimum atomic E-state index is -3.47. The van der Waals surface area contributed by atoms with Gasteiger partial charge in [-0.3, -0.25) is 19.2 Å². The van der Waals surface area contributed by atoms with E-state index in [0.717, 1.165) is 43.7 Å². The molecule has 0 saturated carbocycles. The fourth-order valence-electron chi connectivity index (χ4n) is 7.74. The molecule has 0 spiro atoms. The van der Waals surface area contributed by atoms with Gasteiger partial charge >= 0.3 is 0 Å². The molecule has 3 aliphatic rings. The van der Waals surface area contributed by atoms with Gasteiger partial charge in [0.15, 0.2) is 5.82 Å². The number of halogens is 3. The van der Waals surface area contributed by atoms with E-state index in [9.17, 15) is 26.8 Å². The molecule has 0 aliphatic carbocycles. The van der Waals surface area contributed by atoms with Gasteiger partial charge in [-0.05, 0) is 80.1 Å². The van der Waals surface area contributed by atoms with Crippen LogP contribution in [-0.4, -0.2) is 88.9 Å². The third-order valence-electron chi connectivity index (χ3n) is 10.7. The molecule has 4 aromatic rings. The predicted octanol–water partition coefficient (Wildman–Crippen LogP) is 5.14. The van der Waals surface area contributed by atoms with Crippen LogP contribution in [0, 0.1) is 11.6 Å². The zero-order valence-corrected chi connectivity index (χ0v) is 33.8. The lowest BCUT2D eigenvalue weighted by molar-refractivity contribution is -0.134. The number of aromatic nitrogens is 2. The fourth-order valence-corrected chi connectivity index (χ4v) is 8.85. The van der Waals surface area contributed by atoms with Gasteiger partial charge in [0, 0.05) is 62.5 Å². The minimum absolute atomic E-state index is 0.0522. The van der Waals surface area contributed by atoms with E-state index in [1.54, 1.807) is 13.2 Å². The number of fused-ring (bicyclic) bond motifs is 1. The maximum atomic E-state index is 14.8. The number of rotatable bonds is 15. The van der Waals surface area contributed by atoms with Gasteiger partial charge in [-0.1, -0.05) is 23.7 Å². The van der Waals surface area contributed by atoms with Crippen molar-refractivity contribution in [2.45, 2.75) is 50.5 Å². The second kappa shape index (κ2) is 17.8. The Morgan fingerprint density at radius 1 is 0.948 bits per heavy atom. The van der Waals surface area contributed by atoms with Crippen LogP contribution >= 0.6 is 11.6 Å². The monoisotopic (exact) mass is 837 g/mol. The van der Waals surface area contributed by atoms with Crippen LogP contribution in [0.2, 0.25) is 5.02 Å². The summed E-state index contributed by atoms with van der Waals surface area (Å²) in [5.74, 6) is -2.43. The van der Waals surface area contributed by atoms with E-state index in [0.29, 0.717) is 72.7 Å². The Morgan fingerprint density at radius 2 is 1.72 bits per heavy atom. The van der Waals surface area contributed by atoms with Gasteiger partial charge in [0.25, 0.3) is 0 Å². The number of benzene rings is 3. The van der Waals surface area contributed by atoms with Crippen molar-refractivity contribution in [1.29, 1.82) is 0 Å². The number of piperidine rings is 2. The van der Waals surface area contributed by atoms with Gasteiger partial charge in [0.1, 0.15) is 22.4 Å². The maximum absolute atomic E-state index is 14.8. The maximum Gasteiger partial charge on any atom is 0.234 e. The number of hydrogen-bond donors (Lipinski definition) is 5. The number of hydrogen-bond acceptors (Lipinski definition) is 12. The molecule has 1 unspecified atom stereocenters. The van der Waals surface area contributed by atoms with E-state index in [1.807, 2.05) is 30.3 Å². The number of nitrogens with one attached hydrogen (secondary N) is 5. The number of ether oxygens (including phenoxy) is 1. The molecule has 0 bridgehead atoms. The third-order valence-corrected chi connectivity index (χ3v) is 12.1. The summed E-state index contributed by atoms with van der Waals surface area (Å²) in [4.78, 5) is 34.8. The molecule has 2 amide bonds. The molecule has 0 radical (unpaired) electrons. The zero-order valence-electron chi connectivity index (χ0n) is 32.2. The standard InChI is InChI=1S/C40H46ClF2N9O5S/c1-57-34-22-27(6-8-32(34)48-40-46-23-29(41)38(50-40)47-33-5-3-4-25-11-19-52(37(25)33)58(2,55)56)51-17-12-26(13-18-51)45-16-15-44-14-10-24-20-30(42)36(31(43)21-24)28-7-9-35(53)49-39(28)54/h3-6,8,20-23,26,28,44-45H,7,9-19H2,1-2H3,(H,49,53,54)(H2,46,47,48,50). The van der Waals surface area contributed by atoms with Gasteiger partial charge in [0.05, 0.1) is 42.5 Å². The molecule has 4 heterocycles. The highest BCUT2D eigenvalue weighted by molar-refractivity contribution is 7.92. The molecule has 3 aliphatic heterocycles. The van der Waals surface area contributed by atoms with Crippen LogP contribution in [0.1, 0.15) is 48.3 Å². The number of nitrogens with zero attached hydrogens (tertiary/aromatic N) is 4. The quantitative estimate of drug-likeness (QED) is 0.0792. The van der Waals surface area contributed by atoms with Crippen LogP contribution < -0.4 is 40.5 Å². The summed E-state index contributed by atoms with van der Waals surface area (Å²) in [6.07, 6.45) is 5.73. The van der Waals surface area contributed by atoms with Crippen LogP contribution in [0.25, 0.3) is 0 Å². The van der Waals surface area contributed by atoms with E-state index in [2.05, 4.69) is 41.5 Å². The summed E-state index contributed by atoms with van der Waals surface area (Å²) >= 11 is 6.49. The van der Waals surface area contributed by atoms with Crippen LogP contribution in [0.4, 0.5) is 43.3 Å². The highest BCUT2D eigenvalue weighted by Crippen LogP contribution is 2.40. The largest absolute Gasteiger partial charge is 0.494 e. The second-order valence-electron chi connectivity index (χ2n) is 14.6. The summed E-state index contributed by atoms with van der Waals surface area (Å²) < 4.78 is 61.8. The number of para-hydroxylation sites is 1. The molecule has 1 aromatic heterocycles. The summed E-state index contributed by atoms with van der Waals surface area (Å²) in [5.41, 5.74) is 3.98. The molecule has 5 N–H and O–H groups in total. The van der Waals surface area contributed by atoms with Gasteiger partial charge in [-0.15, -0.1) is 0 Å². The number of carbonyl (C=O) groups excluding carboxylic acids is 2. The van der Waals surface area contributed by atoms with Crippen molar-refractivity contribution >= 4 is 68.0 Å². The lowest BCUT2D eigenvalue weighted by Gasteiger charge is -2.34. The molecule has 2 fully saturated rings. The van der Waals surface area contributed by atoms with E-state index in [-0.39, 0.29) is 29.4 Å². The number of methoxy groups -OCH3 is 1. The molecule has 3 aromatic carbocycles. The van der Waals surface area contributed by atoms with Crippen LogP contribution in [0.15, 0.2) is 54.7 Å². The number of imide groups is 1. The predicted molar refractivity (Wildman–Crippen MR) is 220 cm³/mol. The summed E-state index contributed by atoms with van der Waals surface area (Å²) in [7, 11) is -1.87. The Bertz CT molecular complexity index is 2270. The van der Waals surface area contributed by atoms with E-state index in [4.69, 9.17) is 16.3 Å². The van der Waals surface area contributed by atoms with Crippen molar-refractivity contribution in [1.82, 2.24) is 25.9 Å². The first-order valence-electron chi connectivity index (χ1n) is 19.2. The van der Waals surface area contributed by atoms with Gasteiger partial charge in [-0.25, -0.2) is 22.2 Å².